The van der Waals surface area contributed by atoms with E-state index in [4.69, 9.17) is 9.15 Å². The van der Waals surface area contributed by atoms with Gasteiger partial charge in [-0.15, -0.1) is 5.10 Å². The van der Waals surface area contributed by atoms with Gasteiger partial charge in [-0.2, -0.15) is 5.21 Å². The van der Waals surface area contributed by atoms with E-state index in [9.17, 15) is 14.4 Å². The zero-order valence-corrected chi connectivity index (χ0v) is 13.2. The predicted octanol–water partition coefficient (Wildman–Crippen LogP) is 0.408. The molecular weight excluding hydrogens is 344 g/mol. The first-order valence-electron chi connectivity index (χ1n) is 7.29. The second-order valence-corrected chi connectivity index (χ2v) is 5.22. The minimum absolute atomic E-state index is 0.0382. The number of amides is 1. The first-order valence-corrected chi connectivity index (χ1v) is 7.29. The number of pyridine rings is 1. The molecule has 3 aromatic heterocycles. The molecule has 0 aliphatic rings. The Balaban J connectivity index is 1.96. The number of aromatic amines is 2. The normalized spacial score (nSPS) is 11.0. The van der Waals surface area contributed by atoms with Crippen molar-refractivity contribution in [1.29, 1.82) is 0 Å². The van der Waals surface area contributed by atoms with Gasteiger partial charge in [0, 0.05) is 17.6 Å². The molecule has 0 spiro atoms. The molecule has 0 radical (unpaired) electrons. The summed E-state index contributed by atoms with van der Waals surface area (Å²) in [5.41, 5.74) is -1.46. The number of carbonyl (C=O) groups excluding carboxylic acids is 1. The second-order valence-electron chi connectivity index (χ2n) is 5.22. The number of hydrogen-bond acceptors (Lipinski definition) is 8. The van der Waals surface area contributed by atoms with Gasteiger partial charge in [-0.05, 0) is 17.3 Å². The molecule has 0 saturated heterocycles. The number of nitrogens with zero attached hydrogens (tertiary/aromatic N) is 3. The standard InChI is InChI=1S/C15H10N6O5/c1-25-6-2-3-7-9(4-6)26-14(24)11-10(7)12(22)8(5-16-11)13(23)17-15-18-20-21-19-15/h2-5H,1H3,(H,16,22)(H2,17,18,19,20,21,23). The van der Waals surface area contributed by atoms with Crippen molar-refractivity contribution in [1.82, 2.24) is 25.6 Å². The molecule has 0 atom stereocenters. The molecule has 3 N–H and O–H groups in total. The minimum Gasteiger partial charge on any atom is -0.497 e. The number of rotatable bonds is 3. The maximum absolute atomic E-state index is 12.9. The number of anilines is 1. The monoisotopic (exact) mass is 354 g/mol. The fourth-order valence-corrected chi connectivity index (χ4v) is 2.57. The molecule has 11 nitrogen and oxygen atoms in total. The van der Waals surface area contributed by atoms with Crippen molar-refractivity contribution in [2.75, 3.05) is 12.4 Å². The van der Waals surface area contributed by atoms with E-state index < -0.39 is 17.0 Å². The number of hydrogen-bond donors (Lipinski definition) is 3. The average Bonchev–Trinajstić information content (AvgIpc) is 3.14. The maximum atomic E-state index is 12.9. The van der Waals surface area contributed by atoms with Crippen LogP contribution in [-0.4, -0.2) is 38.6 Å². The van der Waals surface area contributed by atoms with Crippen LogP contribution in [0.25, 0.3) is 21.9 Å². The Labute approximate surface area is 143 Å². The van der Waals surface area contributed by atoms with Crippen molar-refractivity contribution in [3.05, 3.63) is 50.6 Å². The van der Waals surface area contributed by atoms with Crippen LogP contribution in [0.5, 0.6) is 5.75 Å². The highest BCUT2D eigenvalue weighted by molar-refractivity contribution is 6.09. The number of methoxy groups -OCH3 is 1. The fourth-order valence-electron chi connectivity index (χ4n) is 2.57. The average molecular weight is 354 g/mol. The largest absolute Gasteiger partial charge is 0.497 e. The van der Waals surface area contributed by atoms with E-state index in [0.29, 0.717) is 11.1 Å². The van der Waals surface area contributed by atoms with Gasteiger partial charge in [0.15, 0.2) is 0 Å². The lowest BCUT2D eigenvalue weighted by Crippen LogP contribution is -2.24. The van der Waals surface area contributed by atoms with Crippen LogP contribution in [0.1, 0.15) is 10.4 Å². The quantitative estimate of drug-likeness (QED) is 0.353. The molecule has 0 aliphatic heterocycles. The zero-order valence-electron chi connectivity index (χ0n) is 13.2. The van der Waals surface area contributed by atoms with Crippen molar-refractivity contribution < 1.29 is 13.9 Å². The predicted molar refractivity (Wildman–Crippen MR) is 89.3 cm³/mol. The number of carbonyl (C=O) groups is 1. The van der Waals surface area contributed by atoms with Crippen LogP contribution in [0, 0.1) is 0 Å². The van der Waals surface area contributed by atoms with E-state index in [0.717, 1.165) is 6.20 Å². The molecule has 1 aromatic carbocycles. The van der Waals surface area contributed by atoms with E-state index in [2.05, 4.69) is 30.9 Å². The van der Waals surface area contributed by atoms with Crippen LogP contribution in [-0.2, 0) is 0 Å². The van der Waals surface area contributed by atoms with E-state index in [1.54, 1.807) is 12.1 Å². The Bertz CT molecular complexity index is 1260. The summed E-state index contributed by atoms with van der Waals surface area (Å²) in [6.45, 7) is 0. The van der Waals surface area contributed by atoms with Gasteiger partial charge in [0.2, 0.25) is 5.43 Å². The van der Waals surface area contributed by atoms with Crippen molar-refractivity contribution in [2.24, 2.45) is 0 Å². The van der Waals surface area contributed by atoms with Crippen molar-refractivity contribution in [2.45, 2.75) is 0 Å². The van der Waals surface area contributed by atoms with Gasteiger partial charge in [-0.1, -0.05) is 5.10 Å². The summed E-state index contributed by atoms with van der Waals surface area (Å²) in [4.78, 5) is 40.0. The first kappa shape index (κ1) is 15.5. The lowest BCUT2D eigenvalue weighted by molar-refractivity contribution is 0.102. The highest BCUT2D eigenvalue weighted by Gasteiger charge is 2.19. The third kappa shape index (κ3) is 2.38. The van der Waals surface area contributed by atoms with Crippen molar-refractivity contribution in [3.63, 3.8) is 0 Å². The van der Waals surface area contributed by atoms with E-state index in [1.165, 1.54) is 13.2 Å². The molecule has 3 heterocycles. The maximum Gasteiger partial charge on any atom is 0.360 e. The fraction of sp³-hybridized carbons (Fsp3) is 0.0667. The van der Waals surface area contributed by atoms with Gasteiger partial charge in [-0.3, -0.25) is 14.9 Å². The molecule has 26 heavy (non-hydrogen) atoms. The molecule has 1 amide bonds. The van der Waals surface area contributed by atoms with Crippen LogP contribution >= 0.6 is 0 Å². The van der Waals surface area contributed by atoms with Gasteiger partial charge in [0.1, 0.15) is 22.4 Å². The number of tetrazole rings is 1. The molecule has 0 fully saturated rings. The minimum atomic E-state index is -0.746. The van der Waals surface area contributed by atoms with Crippen LogP contribution in [0.4, 0.5) is 5.95 Å². The number of H-pyrrole nitrogens is 2. The van der Waals surface area contributed by atoms with Gasteiger partial charge in [0.05, 0.1) is 12.5 Å². The van der Waals surface area contributed by atoms with Crippen molar-refractivity contribution >= 4 is 33.7 Å². The molecule has 11 heteroatoms. The summed E-state index contributed by atoms with van der Waals surface area (Å²) < 4.78 is 10.3. The summed E-state index contributed by atoms with van der Waals surface area (Å²) in [5.74, 6) is -0.372. The summed E-state index contributed by atoms with van der Waals surface area (Å²) in [7, 11) is 1.47. The zero-order chi connectivity index (χ0) is 18.3. The summed E-state index contributed by atoms with van der Waals surface area (Å²) in [6, 6.07) is 4.69. The molecule has 4 aromatic rings. The van der Waals surface area contributed by atoms with Gasteiger partial charge >= 0.3 is 5.63 Å². The third-order valence-corrected chi connectivity index (χ3v) is 3.76. The first-order chi connectivity index (χ1) is 12.6. The van der Waals surface area contributed by atoms with Crippen LogP contribution in [0.2, 0.25) is 0 Å². The number of aromatic nitrogens is 5. The Morgan fingerprint density at radius 2 is 2.15 bits per heavy atom. The molecule has 130 valence electrons. The topological polar surface area (TPSA) is 156 Å². The molecule has 0 bridgehead atoms. The van der Waals surface area contributed by atoms with Crippen LogP contribution in [0.15, 0.2) is 38.4 Å². The molecule has 0 saturated carbocycles. The number of ether oxygens (including phenoxy) is 1. The smallest absolute Gasteiger partial charge is 0.360 e. The molecule has 0 aliphatic carbocycles. The molecular formula is C15H10N6O5. The van der Waals surface area contributed by atoms with Crippen LogP contribution in [0.3, 0.4) is 0 Å². The highest BCUT2D eigenvalue weighted by Crippen LogP contribution is 2.24. The Kier molecular flexibility index (Phi) is 3.46. The highest BCUT2D eigenvalue weighted by atomic mass is 16.5. The van der Waals surface area contributed by atoms with Crippen LogP contribution < -0.4 is 21.1 Å². The number of fused-ring (bicyclic) bond motifs is 3. The summed E-state index contributed by atoms with van der Waals surface area (Å²) in [6.07, 6.45) is 1.13. The Hall–Kier alpha value is -4.02. The SMILES string of the molecule is COc1ccc2c(c1)oc(=O)c1[nH]cc(C(=O)Nc3nn[nH]n3)c(=O)c12. The van der Waals surface area contributed by atoms with Gasteiger partial charge in [-0.25, -0.2) is 4.79 Å². The Morgan fingerprint density at radius 3 is 2.88 bits per heavy atom. The lowest BCUT2D eigenvalue weighted by atomic mass is 10.1. The third-order valence-electron chi connectivity index (χ3n) is 3.76. The molecule has 4 rings (SSSR count). The van der Waals surface area contributed by atoms with Gasteiger partial charge < -0.3 is 14.1 Å². The number of nitrogens with one attached hydrogen (secondary N) is 3. The van der Waals surface area contributed by atoms with E-state index >= 15 is 0 Å². The van der Waals surface area contributed by atoms with Crippen molar-refractivity contribution in [3.8, 4) is 5.75 Å². The summed E-state index contributed by atoms with van der Waals surface area (Å²) >= 11 is 0. The number of benzene rings is 1. The second kappa shape index (κ2) is 5.81. The molecule has 0 unspecified atom stereocenters. The lowest BCUT2D eigenvalue weighted by Gasteiger charge is -2.06. The van der Waals surface area contributed by atoms with E-state index in [1.807, 2.05) is 0 Å². The Morgan fingerprint density at radius 1 is 1.31 bits per heavy atom. The van der Waals surface area contributed by atoms with E-state index in [-0.39, 0.29) is 28.0 Å². The van der Waals surface area contributed by atoms with Gasteiger partial charge in [0.25, 0.3) is 11.9 Å². The summed E-state index contributed by atoms with van der Waals surface area (Å²) in [5, 5.41) is 15.4.